The number of ether oxygens (including phenoxy) is 2. The summed E-state index contributed by atoms with van der Waals surface area (Å²) < 4.78 is 13.5. The molecule has 0 radical (unpaired) electrons. The second-order valence-electron chi connectivity index (χ2n) is 11.1. The predicted molar refractivity (Wildman–Crippen MR) is 146 cm³/mol. The minimum Gasteiger partial charge on any atom is -0.444 e. The zero-order valence-electron chi connectivity index (χ0n) is 21.8. The first-order valence-corrected chi connectivity index (χ1v) is 13.4. The van der Waals surface area contributed by atoms with Crippen LogP contribution in [0.4, 0.5) is 10.6 Å². The molecule has 2 atom stereocenters. The van der Waals surface area contributed by atoms with E-state index in [0.29, 0.717) is 16.7 Å². The van der Waals surface area contributed by atoms with Crippen LogP contribution in [0.15, 0.2) is 30.5 Å². The van der Waals surface area contributed by atoms with Crippen LogP contribution in [0.2, 0.25) is 10.0 Å². The summed E-state index contributed by atoms with van der Waals surface area (Å²) in [6.45, 7) is 11.8. The number of nitrogens with one attached hydrogen (secondary N) is 1. The van der Waals surface area contributed by atoms with Crippen molar-refractivity contribution in [2.75, 3.05) is 24.6 Å². The summed E-state index contributed by atoms with van der Waals surface area (Å²) in [4.78, 5) is 19.9. The number of aryl methyl sites for hydroxylation is 1. The van der Waals surface area contributed by atoms with Gasteiger partial charge in [0.05, 0.1) is 46.4 Å². The van der Waals surface area contributed by atoms with Crippen molar-refractivity contribution >= 4 is 40.6 Å². The van der Waals surface area contributed by atoms with E-state index < -0.39 is 11.7 Å². The summed E-state index contributed by atoms with van der Waals surface area (Å²) in [7, 11) is 0. The molecule has 0 aliphatic carbocycles. The fourth-order valence-corrected chi connectivity index (χ4v) is 6.00. The summed E-state index contributed by atoms with van der Waals surface area (Å²) in [6, 6.07) is 7.45. The number of alkyl carbamates (subject to hydrolysis) is 1. The highest BCUT2D eigenvalue weighted by molar-refractivity contribution is 6.43. The molecule has 0 saturated carbocycles. The lowest BCUT2D eigenvalue weighted by atomic mass is 9.73. The molecule has 5 rings (SSSR count). The van der Waals surface area contributed by atoms with E-state index in [0.717, 1.165) is 54.2 Å². The van der Waals surface area contributed by atoms with Crippen molar-refractivity contribution in [1.29, 1.82) is 0 Å². The van der Waals surface area contributed by atoms with E-state index in [1.54, 1.807) is 12.3 Å². The molecule has 8 nitrogen and oxygen atoms in total. The number of amides is 1. The molecule has 2 saturated heterocycles. The Morgan fingerprint density at radius 1 is 1.22 bits per heavy atom. The fraction of sp³-hybridized carbons (Fsp3) is 0.519. The van der Waals surface area contributed by atoms with Crippen LogP contribution in [0.25, 0.3) is 16.8 Å². The van der Waals surface area contributed by atoms with Gasteiger partial charge in [0.1, 0.15) is 11.1 Å². The third kappa shape index (κ3) is 4.87. The highest BCUT2D eigenvalue weighted by Gasteiger charge is 2.50. The van der Waals surface area contributed by atoms with Crippen molar-refractivity contribution in [3.63, 3.8) is 0 Å². The monoisotopic (exact) mass is 545 g/mol. The van der Waals surface area contributed by atoms with E-state index in [4.69, 9.17) is 37.7 Å². The zero-order chi connectivity index (χ0) is 26.5. The Hall–Kier alpha value is -2.55. The molecule has 2 aliphatic rings. The Balaban J connectivity index is 1.40. The highest BCUT2D eigenvalue weighted by Crippen LogP contribution is 2.44. The molecule has 10 heteroatoms. The molecule has 37 heavy (non-hydrogen) atoms. The van der Waals surface area contributed by atoms with E-state index in [-0.39, 0.29) is 17.6 Å². The first-order valence-electron chi connectivity index (χ1n) is 12.6. The lowest BCUT2D eigenvalue weighted by molar-refractivity contribution is 0.0434. The van der Waals surface area contributed by atoms with Gasteiger partial charge in [-0.15, -0.1) is 0 Å². The van der Waals surface area contributed by atoms with Gasteiger partial charge >= 0.3 is 6.09 Å². The van der Waals surface area contributed by atoms with Gasteiger partial charge < -0.3 is 19.7 Å². The van der Waals surface area contributed by atoms with Crippen LogP contribution >= 0.6 is 23.2 Å². The average Bonchev–Trinajstić information content (AvgIpc) is 3.42. The maximum Gasteiger partial charge on any atom is 0.407 e. The molecule has 1 N–H and O–H groups in total. The summed E-state index contributed by atoms with van der Waals surface area (Å²) in [6.07, 6.45) is 3.02. The molecule has 4 heterocycles. The second kappa shape index (κ2) is 9.64. The standard InChI is InChI=1S/C27H33Cl2N5O3/c1-16-22(18-7-6-8-19(28)21(18)29)34-20(9-12-30-34)24(31-16)33-13-10-27(11-14-33)15-36-17(2)23(27)32-25(35)37-26(3,4)5/h6-9,12,17,23H,10-11,13-15H2,1-5H3,(H,32,35)/t17-,23+/m0/s1. The van der Waals surface area contributed by atoms with Gasteiger partial charge in [0.25, 0.3) is 0 Å². The number of aromatic nitrogens is 3. The first kappa shape index (κ1) is 26.1. The molecular weight excluding hydrogens is 513 g/mol. The SMILES string of the molecule is Cc1nc(N2CCC3(CC2)CO[C@@H](C)[C@H]3NC(=O)OC(C)(C)C)c2ccnn2c1-c1cccc(Cl)c1Cl. The summed E-state index contributed by atoms with van der Waals surface area (Å²) in [5.41, 5.74) is 2.65. The Morgan fingerprint density at radius 3 is 2.65 bits per heavy atom. The smallest absolute Gasteiger partial charge is 0.407 e. The average molecular weight is 546 g/mol. The van der Waals surface area contributed by atoms with Crippen molar-refractivity contribution in [1.82, 2.24) is 19.9 Å². The second-order valence-corrected chi connectivity index (χ2v) is 11.9. The van der Waals surface area contributed by atoms with Crippen molar-refractivity contribution in [3.05, 3.63) is 46.2 Å². The van der Waals surface area contributed by atoms with Crippen LogP contribution in [0, 0.1) is 12.3 Å². The van der Waals surface area contributed by atoms with Crippen molar-refractivity contribution in [2.45, 2.75) is 65.2 Å². The van der Waals surface area contributed by atoms with Gasteiger partial charge in [-0.2, -0.15) is 5.10 Å². The molecule has 1 aromatic carbocycles. The fourth-order valence-electron chi connectivity index (χ4n) is 5.61. The number of hydrogen-bond acceptors (Lipinski definition) is 6. The van der Waals surface area contributed by atoms with Crippen LogP contribution < -0.4 is 10.2 Å². The van der Waals surface area contributed by atoms with Gasteiger partial charge in [-0.25, -0.2) is 14.3 Å². The molecule has 0 unspecified atom stereocenters. The molecule has 0 bridgehead atoms. The molecule has 3 aromatic rings. The number of fused-ring (bicyclic) bond motifs is 1. The molecule has 198 valence electrons. The highest BCUT2D eigenvalue weighted by atomic mass is 35.5. The largest absolute Gasteiger partial charge is 0.444 e. The summed E-state index contributed by atoms with van der Waals surface area (Å²) >= 11 is 12.9. The number of anilines is 1. The third-order valence-electron chi connectivity index (χ3n) is 7.40. The van der Waals surface area contributed by atoms with Crippen LogP contribution in [-0.4, -0.2) is 58.1 Å². The van der Waals surface area contributed by atoms with Crippen LogP contribution in [0.5, 0.6) is 0 Å². The van der Waals surface area contributed by atoms with Gasteiger partial charge in [-0.3, -0.25) is 0 Å². The molecular formula is C27H33Cl2N5O3. The molecule has 2 aromatic heterocycles. The van der Waals surface area contributed by atoms with E-state index in [2.05, 4.69) is 15.3 Å². The van der Waals surface area contributed by atoms with Crippen molar-refractivity contribution in [2.24, 2.45) is 5.41 Å². The Labute approximate surface area is 227 Å². The van der Waals surface area contributed by atoms with E-state index in [9.17, 15) is 4.79 Å². The van der Waals surface area contributed by atoms with E-state index >= 15 is 0 Å². The Kier molecular flexibility index (Phi) is 6.79. The number of rotatable bonds is 3. The Morgan fingerprint density at radius 2 is 1.95 bits per heavy atom. The van der Waals surface area contributed by atoms with Crippen LogP contribution in [0.3, 0.4) is 0 Å². The van der Waals surface area contributed by atoms with Gasteiger partial charge in [0, 0.05) is 24.1 Å². The predicted octanol–water partition coefficient (Wildman–Crippen LogP) is 5.91. The maximum atomic E-state index is 12.6. The minimum absolute atomic E-state index is 0.0808. The van der Waals surface area contributed by atoms with Crippen molar-refractivity contribution < 1.29 is 14.3 Å². The van der Waals surface area contributed by atoms with Gasteiger partial charge in [-0.1, -0.05) is 35.3 Å². The summed E-state index contributed by atoms with van der Waals surface area (Å²) in [5.74, 6) is 0.885. The summed E-state index contributed by atoms with van der Waals surface area (Å²) in [5, 5.41) is 8.69. The molecule has 1 amide bonds. The van der Waals surface area contributed by atoms with Crippen LogP contribution in [0.1, 0.15) is 46.2 Å². The molecule has 2 aliphatic heterocycles. The lowest BCUT2D eigenvalue weighted by Gasteiger charge is -2.43. The number of carbonyl (C=O) groups excluding carboxylic acids is 1. The van der Waals surface area contributed by atoms with E-state index in [1.165, 1.54) is 0 Å². The number of carbonyl (C=O) groups is 1. The lowest BCUT2D eigenvalue weighted by Crippen LogP contribution is -2.55. The Bertz CT molecular complexity index is 1330. The topological polar surface area (TPSA) is 81.0 Å². The third-order valence-corrected chi connectivity index (χ3v) is 8.22. The van der Waals surface area contributed by atoms with Gasteiger partial charge in [0.2, 0.25) is 0 Å². The number of hydrogen-bond donors (Lipinski definition) is 1. The molecule has 1 spiro atoms. The normalized spacial score (nSPS) is 21.5. The van der Waals surface area contributed by atoms with Gasteiger partial charge in [-0.05, 0) is 59.6 Å². The first-order chi connectivity index (χ1) is 17.5. The minimum atomic E-state index is -0.551. The van der Waals surface area contributed by atoms with Gasteiger partial charge in [0.15, 0.2) is 5.82 Å². The number of piperidine rings is 1. The number of nitrogens with zero attached hydrogens (tertiary/aromatic N) is 4. The van der Waals surface area contributed by atoms with Crippen LogP contribution in [-0.2, 0) is 9.47 Å². The number of benzene rings is 1. The maximum absolute atomic E-state index is 12.6. The quantitative estimate of drug-likeness (QED) is 0.440. The van der Waals surface area contributed by atoms with Crippen molar-refractivity contribution in [3.8, 4) is 11.3 Å². The molecule has 2 fully saturated rings. The zero-order valence-corrected chi connectivity index (χ0v) is 23.4. The number of halogens is 2. The van der Waals surface area contributed by atoms with E-state index in [1.807, 2.05) is 57.3 Å².